The van der Waals surface area contributed by atoms with Crippen LogP contribution in [-0.2, 0) is 11.2 Å². The van der Waals surface area contributed by atoms with Gasteiger partial charge in [0.25, 0.3) is 0 Å². The maximum atomic E-state index is 10.5. The van der Waals surface area contributed by atoms with Gasteiger partial charge in [-0.3, -0.25) is 0 Å². The first kappa shape index (κ1) is 12.9. The summed E-state index contributed by atoms with van der Waals surface area (Å²) in [4.78, 5) is 10.5. The predicted molar refractivity (Wildman–Crippen MR) is 70.2 cm³/mol. The van der Waals surface area contributed by atoms with Crippen LogP contribution in [0.3, 0.4) is 0 Å². The third kappa shape index (κ3) is 2.64. The topological polar surface area (TPSA) is 64.3 Å². The number of benzene rings is 1. The largest absolute Gasteiger partial charge is 0.448 e. The van der Waals surface area contributed by atoms with Gasteiger partial charge in [-0.05, 0) is 23.0 Å². The molecule has 0 aromatic heterocycles. The zero-order chi connectivity index (χ0) is 13.2. The molecule has 3 N–H and O–H groups in total. The van der Waals surface area contributed by atoms with Gasteiger partial charge in [0, 0.05) is 12.6 Å². The highest BCUT2D eigenvalue weighted by atomic mass is 16.5. The number of carbonyl (C=O) groups excluding carboxylic acids is 1. The molecule has 2 rings (SSSR count). The Bertz CT molecular complexity index is 443. The van der Waals surface area contributed by atoms with Gasteiger partial charge < -0.3 is 15.8 Å². The fraction of sp³-hybridized carbons (Fsp3) is 0.500. The van der Waals surface area contributed by atoms with Crippen LogP contribution in [0.25, 0.3) is 0 Å². The second kappa shape index (κ2) is 4.98. The monoisotopic (exact) mass is 248 g/mol. The lowest BCUT2D eigenvalue weighted by atomic mass is 9.85. The molecule has 1 aromatic rings. The normalized spacial score (nSPS) is 20.4. The number of carbonyl (C=O) groups is 1. The molecule has 1 atom stereocenters. The van der Waals surface area contributed by atoms with Crippen molar-refractivity contribution in [3.63, 3.8) is 0 Å². The van der Waals surface area contributed by atoms with Crippen LogP contribution in [0, 0.1) is 5.41 Å². The highest BCUT2D eigenvalue weighted by Crippen LogP contribution is 2.44. The molecule has 4 nitrogen and oxygen atoms in total. The van der Waals surface area contributed by atoms with E-state index in [0.29, 0.717) is 19.2 Å². The van der Waals surface area contributed by atoms with Crippen LogP contribution in [0.5, 0.6) is 0 Å². The smallest absolute Gasteiger partial charge is 0.404 e. The van der Waals surface area contributed by atoms with Crippen LogP contribution in [0.2, 0.25) is 0 Å². The van der Waals surface area contributed by atoms with E-state index in [1.54, 1.807) is 0 Å². The molecule has 0 aliphatic heterocycles. The lowest BCUT2D eigenvalue weighted by Gasteiger charge is -2.28. The minimum Gasteiger partial charge on any atom is -0.448 e. The molecule has 0 fully saturated rings. The summed E-state index contributed by atoms with van der Waals surface area (Å²) in [5.41, 5.74) is 7.85. The molecule has 98 valence electrons. The molecule has 18 heavy (non-hydrogen) atoms. The Balaban J connectivity index is 2.00. The number of rotatable bonds is 4. The lowest BCUT2D eigenvalue weighted by molar-refractivity contribution is 0.152. The first-order chi connectivity index (χ1) is 8.50. The number of amides is 1. The Morgan fingerprint density at radius 1 is 1.50 bits per heavy atom. The van der Waals surface area contributed by atoms with E-state index in [4.69, 9.17) is 10.5 Å². The minimum absolute atomic E-state index is 0.177. The van der Waals surface area contributed by atoms with E-state index in [1.807, 2.05) is 0 Å². The van der Waals surface area contributed by atoms with Gasteiger partial charge in [-0.2, -0.15) is 0 Å². The van der Waals surface area contributed by atoms with Gasteiger partial charge in [-0.25, -0.2) is 4.79 Å². The molecule has 1 aliphatic rings. The molecular formula is C14H20N2O2. The number of ether oxygens (including phenoxy) is 1. The number of primary amides is 1. The van der Waals surface area contributed by atoms with Crippen molar-refractivity contribution >= 4 is 6.09 Å². The number of fused-ring (bicyclic) bond motifs is 1. The average Bonchev–Trinajstić information content (AvgIpc) is 2.54. The average molecular weight is 248 g/mol. The molecular weight excluding hydrogens is 228 g/mol. The zero-order valence-corrected chi connectivity index (χ0v) is 10.9. The van der Waals surface area contributed by atoms with E-state index >= 15 is 0 Å². The summed E-state index contributed by atoms with van der Waals surface area (Å²) in [5.74, 6) is 0. The van der Waals surface area contributed by atoms with Gasteiger partial charge in [-0.1, -0.05) is 38.1 Å². The summed E-state index contributed by atoms with van der Waals surface area (Å²) in [6.45, 7) is 5.43. The van der Waals surface area contributed by atoms with Gasteiger partial charge in [0.15, 0.2) is 0 Å². The van der Waals surface area contributed by atoms with Crippen LogP contribution in [0.4, 0.5) is 4.79 Å². The van der Waals surface area contributed by atoms with Crippen molar-refractivity contribution in [3.8, 4) is 0 Å². The molecule has 0 heterocycles. The fourth-order valence-corrected chi connectivity index (χ4v) is 2.73. The Morgan fingerprint density at radius 3 is 2.94 bits per heavy atom. The fourth-order valence-electron chi connectivity index (χ4n) is 2.73. The zero-order valence-electron chi connectivity index (χ0n) is 10.9. The summed E-state index contributed by atoms with van der Waals surface area (Å²) >= 11 is 0. The van der Waals surface area contributed by atoms with E-state index in [1.165, 1.54) is 11.1 Å². The first-order valence-electron chi connectivity index (χ1n) is 6.24. The van der Waals surface area contributed by atoms with Crippen LogP contribution in [0.1, 0.15) is 31.0 Å². The number of hydrogen-bond donors (Lipinski definition) is 2. The van der Waals surface area contributed by atoms with E-state index in [9.17, 15) is 4.79 Å². The number of nitrogens with one attached hydrogen (secondary N) is 1. The third-order valence-electron chi connectivity index (χ3n) is 3.49. The van der Waals surface area contributed by atoms with Crippen LogP contribution in [0.15, 0.2) is 24.3 Å². The molecule has 0 spiro atoms. The highest BCUT2D eigenvalue weighted by Gasteiger charge is 2.38. The molecule has 4 heteroatoms. The Labute approximate surface area is 108 Å². The molecule has 0 saturated heterocycles. The standard InChI is InChI=1S/C14H20N2O2/c1-14(2)9-10-5-3-4-6-11(10)12(14)16-7-8-18-13(15)17/h3-6,12,16H,7-9H2,1-2H3,(H2,15,17). The molecule has 1 aliphatic carbocycles. The van der Waals surface area contributed by atoms with Crippen LogP contribution in [-0.4, -0.2) is 19.2 Å². The second-order valence-corrected chi connectivity index (χ2v) is 5.42. The van der Waals surface area contributed by atoms with Gasteiger partial charge >= 0.3 is 6.09 Å². The van der Waals surface area contributed by atoms with E-state index < -0.39 is 6.09 Å². The first-order valence-corrected chi connectivity index (χ1v) is 6.24. The summed E-state index contributed by atoms with van der Waals surface area (Å²) in [5, 5.41) is 3.45. The minimum atomic E-state index is -0.720. The van der Waals surface area contributed by atoms with E-state index in [2.05, 4.69) is 43.4 Å². The number of hydrogen-bond acceptors (Lipinski definition) is 3. The summed E-state index contributed by atoms with van der Waals surface area (Å²) in [6, 6.07) is 8.78. The third-order valence-corrected chi connectivity index (χ3v) is 3.49. The van der Waals surface area contributed by atoms with Gasteiger partial charge in [-0.15, -0.1) is 0 Å². The maximum Gasteiger partial charge on any atom is 0.404 e. The van der Waals surface area contributed by atoms with Crippen molar-refractivity contribution in [2.45, 2.75) is 26.3 Å². The number of nitrogens with two attached hydrogens (primary N) is 1. The molecule has 1 aromatic carbocycles. The van der Waals surface area contributed by atoms with Crippen LogP contribution < -0.4 is 11.1 Å². The Kier molecular flexibility index (Phi) is 3.57. The van der Waals surface area contributed by atoms with Crippen molar-refractivity contribution in [2.75, 3.05) is 13.2 Å². The summed E-state index contributed by atoms with van der Waals surface area (Å²) < 4.78 is 4.73. The molecule has 1 unspecified atom stereocenters. The van der Waals surface area contributed by atoms with Crippen LogP contribution >= 0.6 is 0 Å². The van der Waals surface area contributed by atoms with Crippen molar-refractivity contribution in [1.82, 2.24) is 5.32 Å². The maximum absolute atomic E-state index is 10.5. The summed E-state index contributed by atoms with van der Waals surface area (Å²) in [7, 11) is 0. The second-order valence-electron chi connectivity index (χ2n) is 5.42. The summed E-state index contributed by atoms with van der Waals surface area (Å²) in [6.07, 6.45) is 0.347. The SMILES string of the molecule is CC1(C)Cc2ccccc2C1NCCOC(N)=O. The van der Waals surface area contributed by atoms with Gasteiger partial charge in [0.1, 0.15) is 6.61 Å². The Hall–Kier alpha value is -1.55. The Morgan fingerprint density at radius 2 is 2.22 bits per heavy atom. The molecule has 0 saturated carbocycles. The van der Waals surface area contributed by atoms with E-state index in [-0.39, 0.29) is 5.41 Å². The van der Waals surface area contributed by atoms with E-state index in [0.717, 1.165) is 6.42 Å². The molecule has 1 amide bonds. The van der Waals surface area contributed by atoms with Crippen molar-refractivity contribution in [1.29, 1.82) is 0 Å². The van der Waals surface area contributed by atoms with Gasteiger partial charge in [0.05, 0.1) is 0 Å². The highest BCUT2D eigenvalue weighted by molar-refractivity contribution is 5.64. The van der Waals surface area contributed by atoms with Crippen molar-refractivity contribution < 1.29 is 9.53 Å². The predicted octanol–water partition coefficient (Wildman–Crippen LogP) is 1.99. The quantitative estimate of drug-likeness (QED) is 0.801. The lowest BCUT2D eigenvalue weighted by Crippen LogP contribution is -2.34. The van der Waals surface area contributed by atoms with Crippen molar-refractivity contribution in [3.05, 3.63) is 35.4 Å². The molecule has 0 bridgehead atoms. The van der Waals surface area contributed by atoms with Gasteiger partial charge in [0.2, 0.25) is 0 Å². The van der Waals surface area contributed by atoms with Crippen molar-refractivity contribution in [2.24, 2.45) is 11.1 Å². The molecule has 0 radical (unpaired) electrons.